The third-order valence-corrected chi connectivity index (χ3v) is 2.94. The molecule has 2 unspecified atom stereocenters. The molecule has 2 N–H and O–H groups in total. The Labute approximate surface area is 130 Å². The normalized spacial score (nSPS) is 14.3. The van der Waals surface area contributed by atoms with Crippen LogP contribution >= 0.6 is 0 Å². The number of nitrogens with one attached hydrogen (secondary N) is 2. The van der Waals surface area contributed by atoms with Crippen LogP contribution in [0, 0.1) is 11.6 Å². The van der Waals surface area contributed by atoms with Crippen molar-refractivity contribution in [1.29, 1.82) is 0 Å². The van der Waals surface area contributed by atoms with Crippen molar-refractivity contribution >= 4 is 6.09 Å². The molecule has 4 nitrogen and oxygen atoms in total. The molecule has 0 aliphatic heterocycles. The van der Waals surface area contributed by atoms with Crippen molar-refractivity contribution in [2.24, 2.45) is 0 Å². The van der Waals surface area contributed by atoms with E-state index in [-0.39, 0.29) is 17.6 Å². The van der Waals surface area contributed by atoms with Crippen molar-refractivity contribution < 1.29 is 18.3 Å². The Kier molecular flexibility index (Phi) is 6.29. The lowest BCUT2D eigenvalue weighted by Gasteiger charge is -2.23. The first-order valence-corrected chi connectivity index (χ1v) is 7.27. The van der Waals surface area contributed by atoms with Crippen molar-refractivity contribution in [1.82, 2.24) is 10.6 Å². The highest BCUT2D eigenvalue weighted by Crippen LogP contribution is 2.18. The maximum absolute atomic E-state index is 13.7. The van der Waals surface area contributed by atoms with Crippen LogP contribution in [-0.2, 0) is 4.74 Å². The van der Waals surface area contributed by atoms with Crippen LogP contribution in [0.5, 0.6) is 0 Å². The van der Waals surface area contributed by atoms with E-state index in [9.17, 15) is 13.6 Å². The van der Waals surface area contributed by atoms with Gasteiger partial charge in [0.1, 0.15) is 5.60 Å². The number of hydrogen-bond acceptors (Lipinski definition) is 3. The molecule has 0 spiro atoms. The first-order valence-electron chi connectivity index (χ1n) is 7.27. The van der Waals surface area contributed by atoms with Crippen molar-refractivity contribution in [2.75, 3.05) is 6.54 Å². The second-order valence-electron chi connectivity index (χ2n) is 6.32. The molecular weight excluding hydrogens is 290 g/mol. The average Bonchev–Trinajstić information content (AvgIpc) is 2.36. The van der Waals surface area contributed by atoms with E-state index in [1.807, 2.05) is 0 Å². The lowest BCUT2D eigenvalue weighted by Crippen LogP contribution is -2.43. The van der Waals surface area contributed by atoms with E-state index in [4.69, 9.17) is 4.74 Å². The van der Waals surface area contributed by atoms with E-state index < -0.39 is 23.3 Å². The first kappa shape index (κ1) is 18.4. The molecule has 0 radical (unpaired) electrons. The van der Waals surface area contributed by atoms with Crippen LogP contribution in [0.4, 0.5) is 13.6 Å². The number of benzene rings is 1. The Balaban J connectivity index is 2.48. The predicted octanol–water partition coefficient (Wildman–Crippen LogP) is 3.53. The van der Waals surface area contributed by atoms with Crippen LogP contribution < -0.4 is 10.6 Å². The molecule has 0 heterocycles. The number of ether oxygens (including phenoxy) is 1. The average molecular weight is 314 g/mol. The molecule has 1 amide bonds. The molecule has 1 rings (SSSR count). The second-order valence-corrected chi connectivity index (χ2v) is 6.32. The van der Waals surface area contributed by atoms with Crippen LogP contribution in [0.25, 0.3) is 0 Å². The largest absolute Gasteiger partial charge is 0.444 e. The fourth-order valence-electron chi connectivity index (χ4n) is 1.88. The standard InChI is InChI=1S/C16H24F2N2O2/c1-10(20-15(21)22-16(3,4)5)9-19-11(2)12-7-6-8-13(17)14(12)18/h6-8,10-11,19H,9H2,1-5H3,(H,20,21). The van der Waals surface area contributed by atoms with E-state index >= 15 is 0 Å². The van der Waals surface area contributed by atoms with Gasteiger partial charge >= 0.3 is 6.09 Å². The molecular formula is C16H24F2N2O2. The Morgan fingerprint density at radius 2 is 1.91 bits per heavy atom. The number of rotatable bonds is 5. The number of alkyl carbamates (subject to hydrolysis) is 1. The van der Waals surface area contributed by atoms with Gasteiger partial charge in [-0.2, -0.15) is 0 Å². The molecule has 22 heavy (non-hydrogen) atoms. The molecule has 0 fully saturated rings. The molecule has 0 aromatic heterocycles. The Morgan fingerprint density at radius 3 is 2.50 bits per heavy atom. The van der Waals surface area contributed by atoms with Gasteiger partial charge in [0.15, 0.2) is 11.6 Å². The summed E-state index contributed by atoms with van der Waals surface area (Å²) in [7, 11) is 0. The summed E-state index contributed by atoms with van der Waals surface area (Å²) < 4.78 is 32.0. The number of carbonyl (C=O) groups excluding carboxylic acids is 1. The van der Waals surface area contributed by atoms with Crippen molar-refractivity contribution in [3.8, 4) is 0 Å². The third-order valence-electron chi connectivity index (χ3n) is 2.94. The fourth-order valence-corrected chi connectivity index (χ4v) is 1.88. The lowest BCUT2D eigenvalue weighted by atomic mass is 10.1. The van der Waals surface area contributed by atoms with Gasteiger partial charge in [-0.1, -0.05) is 12.1 Å². The van der Waals surface area contributed by atoms with Gasteiger partial charge in [-0.15, -0.1) is 0 Å². The van der Waals surface area contributed by atoms with Crippen LogP contribution in [0.1, 0.15) is 46.2 Å². The van der Waals surface area contributed by atoms with Crippen molar-refractivity contribution in [2.45, 2.75) is 52.3 Å². The smallest absolute Gasteiger partial charge is 0.407 e. The number of carbonyl (C=O) groups is 1. The van der Waals surface area contributed by atoms with Gasteiger partial charge < -0.3 is 15.4 Å². The lowest BCUT2D eigenvalue weighted by molar-refractivity contribution is 0.0507. The maximum Gasteiger partial charge on any atom is 0.407 e. The van der Waals surface area contributed by atoms with Crippen molar-refractivity contribution in [3.05, 3.63) is 35.4 Å². The molecule has 0 bridgehead atoms. The van der Waals surface area contributed by atoms with Gasteiger partial charge in [0.25, 0.3) is 0 Å². The van der Waals surface area contributed by atoms with Crippen LogP contribution in [0.2, 0.25) is 0 Å². The molecule has 1 aromatic carbocycles. The predicted molar refractivity (Wildman–Crippen MR) is 81.6 cm³/mol. The summed E-state index contributed by atoms with van der Waals surface area (Å²) in [4.78, 5) is 11.6. The SMILES string of the molecule is CC(CNC(C)c1cccc(F)c1F)NC(=O)OC(C)(C)C. The van der Waals surface area contributed by atoms with E-state index in [0.717, 1.165) is 6.07 Å². The van der Waals surface area contributed by atoms with E-state index in [2.05, 4.69) is 10.6 Å². The van der Waals surface area contributed by atoms with Crippen LogP contribution in [0.15, 0.2) is 18.2 Å². The zero-order valence-electron chi connectivity index (χ0n) is 13.7. The highest BCUT2D eigenvalue weighted by Gasteiger charge is 2.19. The van der Waals surface area contributed by atoms with Gasteiger partial charge in [-0.25, -0.2) is 13.6 Å². The summed E-state index contributed by atoms with van der Waals surface area (Å²) in [5.74, 6) is -1.72. The van der Waals surface area contributed by atoms with E-state index in [1.54, 1.807) is 34.6 Å². The minimum atomic E-state index is -0.869. The monoisotopic (exact) mass is 314 g/mol. The van der Waals surface area contributed by atoms with Gasteiger partial charge in [-0.3, -0.25) is 0 Å². The fraction of sp³-hybridized carbons (Fsp3) is 0.562. The maximum atomic E-state index is 13.7. The second kappa shape index (κ2) is 7.54. The third kappa shape index (κ3) is 5.97. The first-order chi connectivity index (χ1) is 10.1. The van der Waals surface area contributed by atoms with E-state index in [0.29, 0.717) is 6.54 Å². The summed E-state index contributed by atoms with van der Waals surface area (Å²) in [5.41, 5.74) is -0.306. The van der Waals surface area contributed by atoms with Gasteiger partial charge in [0.05, 0.1) is 0 Å². The molecule has 1 aromatic rings. The van der Waals surface area contributed by atoms with Crippen molar-refractivity contribution in [3.63, 3.8) is 0 Å². The molecule has 0 aliphatic carbocycles. The molecule has 0 aliphatic rings. The quantitative estimate of drug-likeness (QED) is 0.874. The topological polar surface area (TPSA) is 50.4 Å². The summed E-state index contributed by atoms with van der Waals surface area (Å²) in [6, 6.07) is 3.49. The highest BCUT2D eigenvalue weighted by molar-refractivity contribution is 5.68. The molecule has 124 valence electrons. The Hall–Kier alpha value is -1.69. The number of halogens is 2. The molecule has 2 atom stereocenters. The Bertz CT molecular complexity index is 515. The van der Waals surface area contributed by atoms with Gasteiger partial charge in [-0.05, 0) is 40.7 Å². The van der Waals surface area contributed by atoms with Gasteiger partial charge in [0.2, 0.25) is 0 Å². The molecule has 0 saturated carbocycles. The zero-order chi connectivity index (χ0) is 16.9. The minimum Gasteiger partial charge on any atom is -0.444 e. The minimum absolute atomic E-state index is 0.214. The highest BCUT2D eigenvalue weighted by atomic mass is 19.2. The summed E-state index contributed by atoms with van der Waals surface area (Å²) in [6.45, 7) is 9.28. The summed E-state index contributed by atoms with van der Waals surface area (Å²) in [5, 5.41) is 5.74. The number of hydrogen-bond donors (Lipinski definition) is 2. The van der Waals surface area contributed by atoms with Crippen LogP contribution in [-0.4, -0.2) is 24.3 Å². The van der Waals surface area contributed by atoms with Crippen LogP contribution in [0.3, 0.4) is 0 Å². The van der Waals surface area contributed by atoms with E-state index in [1.165, 1.54) is 12.1 Å². The van der Waals surface area contributed by atoms with Gasteiger partial charge in [0, 0.05) is 24.2 Å². The summed E-state index contributed by atoms with van der Waals surface area (Å²) >= 11 is 0. The number of amides is 1. The molecule has 0 saturated heterocycles. The zero-order valence-corrected chi connectivity index (χ0v) is 13.7. The summed E-state index contributed by atoms with van der Waals surface area (Å²) in [6.07, 6.45) is -0.508. The molecule has 6 heteroatoms. The Morgan fingerprint density at radius 1 is 1.27 bits per heavy atom.